The van der Waals surface area contributed by atoms with Crippen molar-refractivity contribution in [3.05, 3.63) is 12.7 Å². The molecule has 0 spiro atoms. The second kappa shape index (κ2) is 31.6. The van der Waals surface area contributed by atoms with Gasteiger partial charge in [-0.2, -0.15) is 5.26 Å². The predicted molar refractivity (Wildman–Crippen MR) is 190 cm³/mol. The van der Waals surface area contributed by atoms with E-state index in [1.165, 1.54) is 15.9 Å². The number of carbonyl (C=O) groups excluding carboxylic acids is 5. The van der Waals surface area contributed by atoms with Gasteiger partial charge in [-0.1, -0.05) is 12.7 Å². The zero-order chi connectivity index (χ0) is 39.7. The zero-order valence-electron chi connectivity index (χ0n) is 32.1. The fraction of sp³-hybridized carbons (Fsp3) is 0.771. The Hall–Kier alpha value is -3.86. The lowest BCUT2D eigenvalue weighted by Gasteiger charge is -2.29. The highest BCUT2D eigenvalue weighted by Crippen LogP contribution is 2.11. The molecule has 0 aliphatic carbocycles. The summed E-state index contributed by atoms with van der Waals surface area (Å²) in [6.07, 6.45) is 1.10. The fourth-order valence-corrected chi connectivity index (χ4v) is 3.63. The van der Waals surface area contributed by atoms with Crippen molar-refractivity contribution < 1.29 is 66.6 Å². The van der Waals surface area contributed by atoms with E-state index in [1.807, 2.05) is 6.07 Å². The Morgan fingerprint density at radius 3 is 1.42 bits per heavy atom. The molecule has 3 amide bonds. The molecule has 0 atom stereocenters. The molecule has 304 valence electrons. The molecule has 0 radical (unpaired) electrons. The van der Waals surface area contributed by atoms with Gasteiger partial charge >= 0.3 is 18.0 Å². The smallest absolute Gasteiger partial charge is 0.411 e. The third-order valence-electron chi connectivity index (χ3n) is 6.53. The molecule has 0 unspecified atom stereocenters. The Labute approximate surface area is 313 Å². The minimum Gasteiger partial charge on any atom is -0.465 e. The van der Waals surface area contributed by atoms with Gasteiger partial charge in [0.2, 0.25) is 11.8 Å². The third-order valence-corrected chi connectivity index (χ3v) is 6.53. The van der Waals surface area contributed by atoms with E-state index in [4.69, 9.17) is 47.9 Å². The Bertz CT molecular complexity index is 1100. The Balaban J connectivity index is 4.33. The number of hydrogen-bond donors (Lipinski definition) is 0. The summed E-state index contributed by atoms with van der Waals surface area (Å²) >= 11 is 0. The van der Waals surface area contributed by atoms with Gasteiger partial charge in [-0.3, -0.25) is 24.1 Å². The highest BCUT2D eigenvalue weighted by molar-refractivity contribution is 5.86. The number of amides is 3. The van der Waals surface area contributed by atoms with Gasteiger partial charge in [0.1, 0.15) is 31.9 Å². The van der Waals surface area contributed by atoms with Gasteiger partial charge in [0.05, 0.1) is 105 Å². The number of rotatable bonds is 32. The first-order chi connectivity index (χ1) is 25.3. The minimum atomic E-state index is -0.838. The van der Waals surface area contributed by atoms with Crippen LogP contribution in [-0.2, 0) is 61.8 Å². The van der Waals surface area contributed by atoms with Crippen molar-refractivity contribution in [1.29, 1.82) is 5.26 Å². The summed E-state index contributed by atoms with van der Waals surface area (Å²) in [5.41, 5.74) is -0.838. The first kappa shape index (κ1) is 49.1. The molecule has 0 saturated heterocycles. The van der Waals surface area contributed by atoms with Gasteiger partial charge in [-0.05, 0) is 20.8 Å². The Morgan fingerprint density at radius 2 is 1.02 bits per heavy atom. The summed E-state index contributed by atoms with van der Waals surface area (Å²) in [5, 5.41) is 8.43. The zero-order valence-corrected chi connectivity index (χ0v) is 32.1. The number of esters is 2. The van der Waals surface area contributed by atoms with Crippen LogP contribution in [0, 0.1) is 11.3 Å². The molecule has 0 aromatic carbocycles. The number of nitriles is 1. The van der Waals surface area contributed by atoms with E-state index in [-0.39, 0.29) is 104 Å². The molecule has 0 rings (SSSR count). The van der Waals surface area contributed by atoms with E-state index >= 15 is 0 Å². The lowest BCUT2D eigenvalue weighted by atomic mass is 10.2. The van der Waals surface area contributed by atoms with Crippen LogP contribution in [0.3, 0.4) is 0 Å². The fourth-order valence-electron chi connectivity index (χ4n) is 3.63. The molecular weight excluding hydrogens is 700 g/mol. The lowest BCUT2D eigenvalue weighted by molar-refractivity contribution is -0.145. The summed E-state index contributed by atoms with van der Waals surface area (Å²) in [7, 11) is 3.14. The second-order valence-electron chi connectivity index (χ2n) is 12.2. The van der Waals surface area contributed by atoms with E-state index in [2.05, 4.69) is 6.58 Å². The molecule has 18 heteroatoms. The number of likely N-dealkylation sites (N-methyl/N-ethyl adjacent to an activating group) is 2. The molecule has 0 N–H and O–H groups in total. The van der Waals surface area contributed by atoms with Crippen LogP contribution in [0.1, 0.15) is 40.0 Å². The van der Waals surface area contributed by atoms with Crippen molar-refractivity contribution in [3.63, 3.8) is 0 Å². The van der Waals surface area contributed by atoms with Gasteiger partial charge in [-0.25, -0.2) is 4.79 Å². The minimum absolute atomic E-state index is 0.0725. The van der Waals surface area contributed by atoms with E-state index in [0.717, 1.165) is 4.90 Å². The number of ether oxygens (including phenoxy) is 9. The molecule has 18 nitrogen and oxygen atoms in total. The summed E-state index contributed by atoms with van der Waals surface area (Å²) in [5.74, 6) is -1.59. The van der Waals surface area contributed by atoms with Crippen molar-refractivity contribution in [1.82, 2.24) is 14.7 Å². The van der Waals surface area contributed by atoms with E-state index in [0.29, 0.717) is 39.6 Å². The monoisotopic (exact) mass is 760 g/mol. The molecular formula is C35H60N4O14. The molecule has 53 heavy (non-hydrogen) atoms. The predicted octanol–water partition coefficient (Wildman–Crippen LogP) is 1.21. The van der Waals surface area contributed by atoms with Crippen LogP contribution in [0.5, 0.6) is 0 Å². The van der Waals surface area contributed by atoms with Crippen LogP contribution in [-0.4, -0.2) is 183 Å². The van der Waals surface area contributed by atoms with Gasteiger partial charge in [0, 0.05) is 27.2 Å². The van der Waals surface area contributed by atoms with Crippen molar-refractivity contribution in [2.75, 3.05) is 133 Å². The molecule has 0 aliphatic heterocycles. The van der Waals surface area contributed by atoms with Crippen molar-refractivity contribution >= 4 is 29.8 Å². The standard InChI is InChI=1S/C35H60N4O14/c1-7-14-51-32(42)9-16-45-20-24-49-26-22-47-18-12-37(5)30(40)28-39(34(44)53-35(2,3)4)29-31(41)38(6)13-19-48-23-27-50-25-21-46-17-10-33(43)52-15-8-11-36/h7H,1,8-10,12-29H2,2-6H3. The topological polar surface area (TPSA) is 202 Å². The van der Waals surface area contributed by atoms with Crippen LogP contribution in [0.25, 0.3) is 0 Å². The molecule has 0 fully saturated rings. The van der Waals surface area contributed by atoms with Gasteiger partial charge in [0.25, 0.3) is 0 Å². The largest absolute Gasteiger partial charge is 0.465 e. The summed E-state index contributed by atoms with van der Waals surface area (Å²) in [6, 6.07) is 1.89. The maximum absolute atomic E-state index is 13.0. The number of carbonyl (C=O) groups is 5. The lowest BCUT2D eigenvalue weighted by Crippen LogP contribution is -2.48. The molecule has 0 saturated carbocycles. The summed E-state index contributed by atoms with van der Waals surface area (Å²) in [4.78, 5) is 65.5. The highest BCUT2D eigenvalue weighted by Gasteiger charge is 2.28. The Morgan fingerprint density at radius 1 is 0.623 bits per heavy atom. The van der Waals surface area contributed by atoms with Crippen LogP contribution < -0.4 is 0 Å². The SMILES string of the molecule is C=CCOC(=O)CCOCCOCCOCCN(C)C(=O)CN(CC(=O)N(C)CCOCCOCCOCCC(=O)OCCC#N)C(=O)OC(C)(C)C. The van der Waals surface area contributed by atoms with E-state index < -0.39 is 29.5 Å². The van der Waals surface area contributed by atoms with Crippen LogP contribution in [0.2, 0.25) is 0 Å². The van der Waals surface area contributed by atoms with Crippen LogP contribution in [0.15, 0.2) is 12.7 Å². The Kier molecular flexibility index (Phi) is 29.3. The van der Waals surface area contributed by atoms with Crippen molar-refractivity contribution in [2.24, 2.45) is 0 Å². The maximum Gasteiger partial charge on any atom is 0.411 e. The molecule has 0 bridgehead atoms. The molecule has 0 aliphatic rings. The second-order valence-corrected chi connectivity index (χ2v) is 12.2. The summed E-state index contributed by atoms with van der Waals surface area (Å²) in [6.45, 7) is 11.8. The first-order valence-electron chi connectivity index (χ1n) is 17.5. The van der Waals surface area contributed by atoms with Gasteiger partial charge in [-0.15, -0.1) is 0 Å². The van der Waals surface area contributed by atoms with Crippen molar-refractivity contribution in [2.45, 2.75) is 45.6 Å². The number of nitrogens with zero attached hydrogens (tertiary/aromatic N) is 4. The third kappa shape index (κ3) is 30.3. The van der Waals surface area contributed by atoms with Crippen molar-refractivity contribution in [3.8, 4) is 6.07 Å². The quantitative estimate of drug-likeness (QED) is 0.0410. The van der Waals surface area contributed by atoms with Crippen LogP contribution >= 0.6 is 0 Å². The van der Waals surface area contributed by atoms with E-state index in [9.17, 15) is 24.0 Å². The van der Waals surface area contributed by atoms with Gasteiger partial charge in [0.15, 0.2) is 0 Å². The molecule has 0 heterocycles. The summed E-state index contributed by atoms with van der Waals surface area (Å²) < 4.78 is 47.7. The van der Waals surface area contributed by atoms with E-state index in [1.54, 1.807) is 34.9 Å². The number of hydrogen-bond acceptors (Lipinski definition) is 15. The average Bonchev–Trinajstić information content (AvgIpc) is 3.10. The molecule has 0 aromatic heterocycles. The highest BCUT2D eigenvalue weighted by atomic mass is 16.6. The average molecular weight is 761 g/mol. The maximum atomic E-state index is 13.0. The normalized spacial score (nSPS) is 10.9. The van der Waals surface area contributed by atoms with Crippen LogP contribution in [0.4, 0.5) is 4.79 Å². The van der Waals surface area contributed by atoms with Gasteiger partial charge < -0.3 is 52.4 Å². The first-order valence-corrected chi connectivity index (χ1v) is 17.5. The molecule has 0 aromatic rings.